The van der Waals surface area contributed by atoms with Gasteiger partial charge in [-0.3, -0.25) is 0 Å². The highest BCUT2D eigenvalue weighted by atomic mass is 35.5. The van der Waals surface area contributed by atoms with Gasteiger partial charge in [-0.25, -0.2) is 4.98 Å². The standard InChI is InChI=1S/C12H15ClN4O/c1-2-18-12-15-11-14-9-7-5-3-4-6-8(9)10(13)17(11)16-12/h2-7H2,1H3. The zero-order valence-corrected chi connectivity index (χ0v) is 11.1. The van der Waals surface area contributed by atoms with Crippen molar-refractivity contribution >= 4 is 17.4 Å². The van der Waals surface area contributed by atoms with Gasteiger partial charge in [0, 0.05) is 5.56 Å². The average Bonchev–Trinajstić information content (AvgIpc) is 2.60. The first-order chi connectivity index (χ1) is 8.79. The largest absolute Gasteiger partial charge is 0.463 e. The number of fused-ring (bicyclic) bond motifs is 2. The number of halogens is 1. The second-order valence-electron chi connectivity index (χ2n) is 4.43. The maximum Gasteiger partial charge on any atom is 0.337 e. The highest BCUT2D eigenvalue weighted by molar-refractivity contribution is 6.30. The Labute approximate surface area is 110 Å². The second-order valence-corrected chi connectivity index (χ2v) is 4.79. The molecule has 0 radical (unpaired) electrons. The molecule has 96 valence electrons. The molecule has 0 amide bonds. The zero-order valence-electron chi connectivity index (χ0n) is 10.3. The van der Waals surface area contributed by atoms with E-state index in [2.05, 4.69) is 15.1 Å². The summed E-state index contributed by atoms with van der Waals surface area (Å²) in [6.45, 7) is 2.43. The van der Waals surface area contributed by atoms with Crippen LogP contribution >= 0.6 is 11.6 Å². The Hall–Kier alpha value is -1.36. The van der Waals surface area contributed by atoms with Crippen molar-refractivity contribution in [2.45, 2.75) is 39.0 Å². The molecule has 6 heteroatoms. The van der Waals surface area contributed by atoms with Gasteiger partial charge in [0.1, 0.15) is 5.15 Å². The summed E-state index contributed by atoms with van der Waals surface area (Å²) in [5.41, 5.74) is 2.19. The molecule has 0 aliphatic heterocycles. The van der Waals surface area contributed by atoms with Gasteiger partial charge < -0.3 is 4.74 Å². The summed E-state index contributed by atoms with van der Waals surface area (Å²) >= 11 is 6.41. The Morgan fingerprint density at radius 1 is 1.22 bits per heavy atom. The lowest BCUT2D eigenvalue weighted by molar-refractivity contribution is 0.313. The van der Waals surface area contributed by atoms with Crippen molar-refractivity contribution in [2.24, 2.45) is 0 Å². The van der Waals surface area contributed by atoms with Crippen LogP contribution in [-0.2, 0) is 12.8 Å². The lowest BCUT2D eigenvalue weighted by Gasteiger charge is -2.07. The molecular weight excluding hydrogens is 252 g/mol. The molecule has 0 atom stereocenters. The minimum atomic E-state index is 0.340. The van der Waals surface area contributed by atoms with Crippen molar-refractivity contribution in [1.82, 2.24) is 19.6 Å². The van der Waals surface area contributed by atoms with Gasteiger partial charge in [0.2, 0.25) is 0 Å². The molecule has 0 saturated carbocycles. The third kappa shape index (κ3) is 1.92. The molecule has 0 aromatic carbocycles. The Balaban J connectivity index is 2.15. The Bertz CT molecular complexity index is 581. The summed E-state index contributed by atoms with van der Waals surface area (Å²) in [4.78, 5) is 8.80. The van der Waals surface area contributed by atoms with Crippen molar-refractivity contribution in [3.63, 3.8) is 0 Å². The van der Waals surface area contributed by atoms with Crippen LogP contribution in [0.1, 0.15) is 37.4 Å². The molecule has 2 heterocycles. The Morgan fingerprint density at radius 2 is 2.06 bits per heavy atom. The summed E-state index contributed by atoms with van der Waals surface area (Å²) in [5.74, 6) is 0.532. The van der Waals surface area contributed by atoms with E-state index in [9.17, 15) is 0 Å². The number of hydrogen-bond donors (Lipinski definition) is 0. The number of nitrogens with zero attached hydrogens (tertiary/aromatic N) is 4. The topological polar surface area (TPSA) is 52.3 Å². The van der Waals surface area contributed by atoms with E-state index in [-0.39, 0.29) is 0 Å². The molecule has 1 aliphatic rings. The Kier molecular flexibility index (Phi) is 3.07. The van der Waals surface area contributed by atoms with E-state index < -0.39 is 0 Å². The average molecular weight is 267 g/mol. The maximum atomic E-state index is 6.41. The first-order valence-electron chi connectivity index (χ1n) is 6.36. The molecule has 0 fully saturated rings. The van der Waals surface area contributed by atoms with Crippen LogP contribution < -0.4 is 4.74 Å². The lowest BCUT2D eigenvalue weighted by atomic mass is 10.1. The van der Waals surface area contributed by atoms with E-state index >= 15 is 0 Å². The number of rotatable bonds is 2. The van der Waals surface area contributed by atoms with E-state index in [0.29, 0.717) is 23.5 Å². The quantitative estimate of drug-likeness (QED) is 0.619. The fourth-order valence-electron chi connectivity index (χ4n) is 2.34. The van der Waals surface area contributed by atoms with Crippen molar-refractivity contribution in [3.05, 3.63) is 16.4 Å². The SMILES string of the molecule is CCOc1nc2nc3c(c(Cl)n2n1)CCCCC3. The van der Waals surface area contributed by atoms with Gasteiger partial charge in [0.15, 0.2) is 0 Å². The van der Waals surface area contributed by atoms with Crippen LogP contribution in [0.3, 0.4) is 0 Å². The van der Waals surface area contributed by atoms with Gasteiger partial charge in [-0.2, -0.15) is 9.50 Å². The van der Waals surface area contributed by atoms with Gasteiger partial charge in [0.05, 0.1) is 12.3 Å². The fourth-order valence-corrected chi connectivity index (χ4v) is 2.66. The predicted octanol–water partition coefficient (Wildman–Crippen LogP) is 2.45. The van der Waals surface area contributed by atoms with Crippen molar-refractivity contribution in [2.75, 3.05) is 6.61 Å². The first-order valence-corrected chi connectivity index (χ1v) is 6.74. The van der Waals surface area contributed by atoms with Crippen molar-refractivity contribution < 1.29 is 4.74 Å². The van der Waals surface area contributed by atoms with Gasteiger partial charge in [-0.15, -0.1) is 5.10 Å². The molecule has 0 bridgehead atoms. The summed E-state index contributed by atoms with van der Waals surface area (Å²) in [5, 5.41) is 4.86. The van der Waals surface area contributed by atoms with Crippen molar-refractivity contribution in [3.8, 4) is 6.01 Å². The third-order valence-corrected chi connectivity index (χ3v) is 3.59. The van der Waals surface area contributed by atoms with Gasteiger partial charge in [0.25, 0.3) is 5.78 Å². The van der Waals surface area contributed by atoms with Gasteiger partial charge >= 0.3 is 6.01 Å². The molecule has 0 saturated heterocycles. The van der Waals surface area contributed by atoms with E-state index in [1.807, 2.05) is 6.92 Å². The van der Waals surface area contributed by atoms with Crippen LogP contribution in [-0.4, -0.2) is 26.2 Å². The molecule has 2 aromatic heterocycles. The first kappa shape index (κ1) is 11.7. The number of ether oxygens (including phenoxy) is 1. The lowest BCUT2D eigenvalue weighted by Crippen LogP contribution is -2.04. The van der Waals surface area contributed by atoms with E-state index in [4.69, 9.17) is 16.3 Å². The molecule has 1 aliphatic carbocycles. The van der Waals surface area contributed by atoms with Gasteiger partial charge in [-0.05, 0) is 32.6 Å². The van der Waals surface area contributed by atoms with Crippen LogP contribution in [0.25, 0.3) is 5.78 Å². The Morgan fingerprint density at radius 3 is 2.89 bits per heavy atom. The molecule has 3 rings (SSSR count). The molecule has 2 aromatic rings. The number of aromatic nitrogens is 4. The van der Waals surface area contributed by atoms with Crippen LogP contribution in [0.4, 0.5) is 0 Å². The molecule has 5 nitrogen and oxygen atoms in total. The van der Waals surface area contributed by atoms with Crippen molar-refractivity contribution in [1.29, 1.82) is 0 Å². The minimum Gasteiger partial charge on any atom is -0.463 e. The minimum absolute atomic E-state index is 0.340. The van der Waals surface area contributed by atoms with Crippen LogP contribution in [0.15, 0.2) is 0 Å². The van der Waals surface area contributed by atoms with Crippen LogP contribution in [0, 0.1) is 0 Å². The number of aryl methyl sites for hydroxylation is 1. The van der Waals surface area contributed by atoms with Crippen LogP contribution in [0.5, 0.6) is 6.01 Å². The number of hydrogen-bond acceptors (Lipinski definition) is 4. The van der Waals surface area contributed by atoms with Crippen LogP contribution in [0.2, 0.25) is 5.15 Å². The monoisotopic (exact) mass is 266 g/mol. The van der Waals surface area contributed by atoms with E-state index in [0.717, 1.165) is 30.5 Å². The highest BCUT2D eigenvalue weighted by Gasteiger charge is 2.18. The summed E-state index contributed by atoms with van der Waals surface area (Å²) in [7, 11) is 0. The fraction of sp³-hybridized carbons (Fsp3) is 0.583. The molecule has 0 unspecified atom stereocenters. The molecule has 0 spiro atoms. The summed E-state index contributed by atoms with van der Waals surface area (Å²) in [6, 6.07) is 0.340. The van der Waals surface area contributed by atoms with E-state index in [1.165, 1.54) is 12.8 Å². The maximum absolute atomic E-state index is 6.41. The molecular formula is C12H15ClN4O. The predicted molar refractivity (Wildman–Crippen MR) is 68.2 cm³/mol. The normalized spacial score (nSPS) is 15.4. The summed E-state index contributed by atoms with van der Waals surface area (Å²) < 4.78 is 6.87. The zero-order chi connectivity index (χ0) is 12.5. The third-order valence-electron chi connectivity index (χ3n) is 3.20. The highest BCUT2D eigenvalue weighted by Crippen LogP contribution is 2.26. The molecule has 18 heavy (non-hydrogen) atoms. The smallest absolute Gasteiger partial charge is 0.337 e. The van der Waals surface area contributed by atoms with Gasteiger partial charge in [-0.1, -0.05) is 18.0 Å². The molecule has 0 N–H and O–H groups in total. The second kappa shape index (κ2) is 4.72. The summed E-state index contributed by atoms with van der Waals surface area (Å²) in [6.07, 6.45) is 5.50. The van der Waals surface area contributed by atoms with E-state index in [1.54, 1.807) is 4.52 Å².